The van der Waals surface area contributed by atoms with Crippen molar-refractivity contribution < 1.29 is 9.53 Å². The average molecular weight is 484 g/mol. The first kappa shape index (κ1) is 24.4. The monoisotopic (exact) mass is 483 g/mol. The van der Waals surface area contributed by atoms with Gasteiger partial charge in [0.15, 0.2) is 0 Å². The first-order chi connectivity index (χ1) is 16.4. The van der Waals surface area contributed by atoms with Crippen molar-refractivity contribution in [2.45, 2.75) is 40.2 Å². The third kappa shape index (κ3) is 6.02. The Kier molecular flexibility index (Phi) is 7.97. The molecule has 3 N–H and O–H groups in total. The van der Waals surface area contributed by atoms with Crippen molar-refractivity contribution in [3.63, 3.8) is 0 Å². The zero-order valence-electron chi connectivity index (χ0n) is 20.1. The molecule has 1 aromatic carbocycles. The number of carbonyl (C=O) groups excluding carboxylic acids is 1. The lowest BCUT2D eigenvalue weighted by Crippen LogP contribution is -2.41. The van der Waals surface area contributed by atoms with E-state index in [-0.39, 0.29) is 11.5 Å². The molecule has 0 aliphatic carbocycles. The van der Waals surface area contributed by atoms with Crippen LogP contribution < -0.4 is 16.2 Å². The molecular formula is C25H33N5O3S. The zero-order valence-corrected chi connectivity index (χ0v) is 20.9. The number of nitrogens with one attached hydrogen (secondary N) is 3. The maximum Gasteiger partial charge on any atom is 0.259 e. The van der Waals surface area contributed by atoms with Gasteiger partial charge in [0.1, 0.15) is 10.7 Å². The third-order valence-corrected chi connectivity index (χ3v) is 7.30. The van der Waals surface area contributed by atoms with E-state index in [4.69, 9.17) is 9.72 Å². The number of thiophene rings is 1. The summed E-state index contributed by atoms with van der Waals surface area (Å²) >= 11 is 1.59. The van der Waals surface area contributed by atoms with Gasteiger partial charge in [-0.2, -0.15) is 0 Å². The molecule has 1 atom stereocenters. The van der Waals surface area contributed by atoms with Crippen molar-refractivity contribution >= 4 is 38.8 Å². The van der Waals surface area contributed by atoms with E-state index in [9.17, 15) is 9.59 Å². The standard InChI is InChI=1S/C25H33N5O3S/c1-4-16(2)13-20-17(3)34-25-23(20)24(32)28-21(29-25)14-26-18-5-7-19(8-6-18)27-22(31)15-30-9-11-33-12-10-30/h5-8,16,26H,4,9-15H2,1-3H3,(H,27,31)(H,28,29,32). The van der Waals surface area contributed by atoms with Gasteiger partial charge in [0, 0.05) is 29.3 Å². The van der Waals surface area contributed by atoms with Crippen molar-refractivity contribution in [2.24, 2.45) is 5.92 Å². The maximum absolute atomic E-state index is 12.8. The van der Waals surface area contributed by atoms with Gasteiger partial charge < -0.3 is 20.4 Å². The van der Waals surface area contributed by atoms with Crippen LogP contribution in [0.25, 0.3) is 10.2 Å². The number of anilines is 2. The van der Waals surface area contributed by atoms with Gasteiger partial charge in [0.05, 0.1) is 31.7 Å². The summed E-state index contributed by atoms with van der Waals surface area (Å²) in [5.41, 5.74) is 2.70. The molecule has 0 saturated carbocycles. The third-order valence-electron chi connectivity index (χ3n) is 6.26. The molecule has 3 aromatic rings. The number of benzene rings is 1. The van der Waals surface area contributed by atoms with Crippen molar-refractivity contribution in [3.05, 3.63) is 50.9 Å². The van der Waals surface area contributed by atoms with Crippen LogP contribution in [-0.2, 0) is 22.5 Å². The molecular weight excluding hydrogens is 450 g/mol. The number of aromatic amines is 1. The molecule has 1 aliphatic heterocycles. The largest absolute Gasteiger partial charge is 0.379 e. The van der Waals surface area contributed by atoms with E-state index >= 15 is 0 Å². The number of H-pyrrole nitrogens is 1. The fourth-order valence-corrected chi connectivity index (χ4v) is 5.13. The van der Waals surface area contributed by atoms with Gasteiger partial charge in [-0.15, -0.1) is 11.3 Å². The summed E-state index contributed by atoms with van der Waals surface area (Å²) in [6.07, 6.45) is 1.99. The molecule has 1 saturated heterocycles. The molecule has 1 unspecified atom stereocenters. The number of rotatable bonds is 9. The van der Waals surface area contributed by atoms with E-state index in [1.54, 1.807) is 11.3 Å². The van der Waals surface area contributed by atoms with Crippen LogP contribution in [0.15, 0.2) is 29.1 Å². The number of hydrogen-bond acceptors (Lipinski definition) is 7. The van der Waals surface area contributed by atoms with Crippen LogP contribution in [0.5, 0.6) is 0 Å². The Morgan fingerprint density at radius 1 is 1.24 bits per heavy atom. The topological polar surface area (TPSA) is 99.3 Å². The highest BCUT2D eigenvalue weighted by Crippen LogP contribution is 2.29. The second kappa shape index (κ2) is 11.1. The number of nitrogens with zero attached hydrogens (tertiary/aromatic N) is 2. The lowest BCUT2D eigenvalue weighted by atomic mass is 9.98. The molecule has 1 aliphatic rings. The van der Waals surface area contributed by atoms with Crippen LogP contribution >= 0.6 is 11.3 Å². The van der Waals surface area contributed by atoms with Crippen molar-refractivity contribution in [1.29, 1.82) is 0 Å². The van der Waals surface area contributed by atoms with Crippen molar-refractivity contribution in [1.82, 2.24) is 14.9 Å². The summed E-state index contributed by atoms with van der Waals surface area (Å²) < 4.78 is 5.32. The summed E-state index contributed by atoms with van der Waals surface area (Å²) in [4.78, 5) is 36.8. The molecule has 2 aromatic heterocycles. The minimum Gasteiger partial charge on any atom is -0.379 e. The number of fused-ring (bicyclic) bond motifs is 1. The van der Waals surface area contributed by atoms with Crippen molar-refractivity contribution in [3.8, 4) is 0 Å². The number of morpholine rings is 1. The molecule has 1 amide bonds. The summed E-state index contributed by atoms with van der Waals surface area (Å²) in [6.45, 7) is 10.1. The lowest BCUT2D eigenvalue weighted by Gasteiger charge is -2.25. The fourth-order valence-electron chi connectivity index (χ4n) is 4.06. The molecule has 3 heterocycles. The quantitative estimate of drug-likeness (QED) is 0.429. The number of ether oxygens (including phenoxy) is 1. The van der Waals surface area contributed by atoms with Crippen LogP contribution in [-0.4, -0.2) is 53.6 Å². The molecule has 34 heavy (non-hydrogen) atoms. The summed E-state index contributed by atoms with van der Waals surface area (Å²) in [5, 5.41) is 6.97. The predicted molar refractivity (Wildman–Crippen MR) is 138 cm³/mol. The predicted octanol–water partition coefficient (Wildman–Crippen LogP) is 3.76. The summed E-state index contributed by atoms with van der Waals surface area (Å²) in [6, 6.07) is 7.53. The Balaban J connectivity index is 1.36. The number of aryl methyl sites for hydroxylation is 1. The molecule has 9 heteroatoms. The lowest BCUT2D eigenvalue weighted by molar-refractivity contribution is -0.118. The minimum atomic E-state index is -0.0669. The molecule has 4 rings (SSSR count). The van der Waals surface area contributed by atoms with E-state index in [2.05, 4.69) is 41.3 Å². The van der Waals surface area contributed by atoms with Crippen LogP contribution in [0.1, 0.15) is 36.5 Å². The highest BCUT2D eigenvalue weighted by atomic mass is 32.1. The number of carbonyl (C=O) groups is 1. The summed E-state index contributed by atoms with van der Waals surface area (Å²) in [7, 11) is 0. The van der Waals surface area contributed by atoms with Crippen LogP contribution in [0.2, 0.25) is 0 Å². The first-order valence-electron chi connectivity index (χ1n) is 11.9. The number of hydrogen-bond donors (Lipinski definition) is 3. The Morgan fingerprint density at radius 3 is 2.65 bits per heavy atom. The normalized spacial score (nSPS) is 15.4. The number of aromatic nitrogens is 2. The highest BCUT2D eigenvalue weighted by Gasteiger charge is 2.17. The van der Waals surface area contributed by atoms with Gasteiger partial charge in [0.25, 0.3) is 5.56 Å². The minimum absolute atomic E-state index is 0.0309. The SMILES string of the molecule is CCC(C)Cc1c(C)sc2nc(CNc3ccc(NC(=O)CN4CCOCC4)cc3)[nH]c(=O)c12. The van der Waals surface area contributed by atoms with Gasteiger partial charge in [-0.05, 0) is 49.1 Å². The van der Waals surface area contributed by atoms with Gasteiger partial charge in [0.2, 0.25) is 5.91 Å². The number of amides is 1. The molecule has 0 spiro atoms. The van der Waals surface area contributed by atoms with E-state index in [0.717, 1.165) is 53.1 Å². The molecule has 0 radical (unpaired) electrons. The molecule has 182 valence electrons. The van der Waals surface area contributed by atoms with E-state index < -0.39 is 0 Å². The van der Waals surface area contributed by atoms with Crippen LogP contribution in [0.4, 0.5) is 11.4 Å². The first-order valence-corrected chi connectivity index (χ1v) is 12.7. The highest BCUT2D eigenvalue weighted by molar-refractivity contribution is 7.18. The van der Waals surface area contributed by atoms with Crippen LogP contribution in [0.3, 0.4) is 0 Å². The van der Waals surface area contributed by atoms with Gasteiger partial charge in [-0.3, -0.25) is 14.5 Å². The fraction of sp³-hybridized carbons (Fsp3) is 0.480. The molecule has 0 bridgehead atoms. The van der Waals surface area contributed by atoms with Gasteiger partial charge in [-0.1, -0.05) is 20.3 Å². The smallest absolute Gasteiger partial charge is 0.259 e. The summed E-state index contributed by atoms with van der Waals surface area (Å²) in [5.74, 6) is 1.11. The van der Waals surface area contributed by atoms with Crippen LogP contribution in [0, 0.1) is 12.8 Å². The molecule has 1 fully saturated rings. The van der Waals surface area contributed by atoms with E-state index in [0.29, 0.717) is 38.0 Å². The maximum atomic E-state index is 12.8. The second-order valence-electron chi connectivity index (χ2n) is 8.91. The van der Waals surface area contributed by atoms with Crippen molar-refractivity contribution in [2.75, 3.05) is 43.5 Å². The van der Waals surface area contributed by atoms with Gasteiger partial charge in [-0.25, -0.2) is 4.98 Å². The Morgan fingerprint density at radius 2 is 1.94 bits per heavy atom. The Hall–Kier alpha value is -2.75. The Labute approximate surface area is 203 Å². The van der Waals surface area contributed by atoms with Gasteiger partial charge >= 0.3 is 0 Å². The van der Waals surface area contributed by atoms with E-state index in [1.165, 1.54) is 4.88 Å². The second-order valence-corrected chi connectivity index (χ2v) is 10.1. The average Bonchev–Trinajstić information content (AvgIpc) is 3.14. The Bertz CT molecular complexity index is 1180. The molecule has 8 nitrogen and oxygen atoms in total. The zero-order chi connectivity index (χ0) is 24.1. The van der Waals surface area contributed by atoms with E-state index in [1.807, 2.05) is 24.3 Å².